The lowest BCUT2D eigenvalue weighted by Gasteiger charge is -2.32. The first-order valence-electron chi connectivity index (χ1n) is 6.82. The lowest BCUT2D eigenvalue weighted by molar-refractivity contribution is 0.380. The number of anilines is 1. The van der Waals surface area contributed by atoms with Gasteiger partial charge < -0.3 is 9.47 Å². The molecular weight excluding hydrogens is 306 g/mol. The highest BCUT2D eigenvalue weighted by Gasteiger charge is 2.23. The molecule has 4 nitrogen and oxygen atoms in total. The van der Waals surface area contributed by atoms with Crippen LogP contribution in [0.4, 0.5) is 5.82 Å². The Morgan fingerprint density at radius 2 is 2.00 bits per heavy atom. The molecule has 1 aliphatic heterocycles. The third kappa shape index (κ3) is 3.19. The maximum absolute atomic E-state index is 12.5. The topological polar surface area (TPSA) is 38.1 Å². The molecule has 5 heteroatoms. The Morgan fingerprint density at radius 1 is 1.37 bits per heavy atom. The first kappa shape index (κ1) is 14.6. The summed E-state index contributed by atoms with van der Waals surface area (Å²) in [6, 6.07) is 0. The van der Waals surface area contributed by atoms with E-state index in [0.29, 0.717) is 5.82 Å². The van der Waals surface area contributed by atoms with Crippen LogP contribution in [0.1, 0.15) is 33.6 Å². The fourth-order valence-electron chi connectivity index (χ4n) is 2.45. The second kappa shape index (κ2) is 5.65. The quantitative estimate of drug-likeness (QED) is 0.784. The Balaban J connectivity index is 2.25. The van der Waals surface area contributed by atoms with E-state index >= 15 is 0 Å². The average Bonchev–Trinajstić information content (AvgIpc) is 2.38. The van der Waals surface area contributed by atoms with E-state index < -0.39 is 0 Å². The lowest BCUT2D eigenvalue weighted by Crippen LogP contribution is -2.42. The fraction of sp³-hybridized carbons (Fsp3) is 0.714. The van der Waals surface area contributed by atoms with E-state index in [1.54, 1.807) is 17.0 Å². The Morgan fingerprint density at radius 3 is 2.53 bits per heavy atom. The molecule has 0 spiro atoms. The van der Waals surface area contributed by atoms with Gasteiger partial charge in [-0.05, 0) is 39.5 Å². The summed E-state index contributed by atoms with van der Waals surface area (Å²) in [5, 5.41) is 1.05. The van der Waals surface area contributed by atoms with Crippen LogP contribution in [0.25, 0.3) is 0 Å². The van der Waals surface area contributed by atoms with E-state index in [1.807, 2.05) is 20.8 Å². The monoisotopic (exact) mass is 327 g/mol. The number of hydrogen-bond acceptors (Lipinski definition) is 3. The van der Waals surface area contributed by atoms with Crippen molar-refractivity contribution in [1.29, 1.82) is 0 Å². The molecule has 0 bridgehead atoms. The van der Waals surface area contributed by atoms with Crippen LogP contribution in [0.15, 0.2) is 17.2 Å². The SMILES string of the molecule is CC(C)(C)n1ccnc(N2CCC(CBr)CC2)c1=O. The van der Waals surface area contributed by atoms with Crippen molar-refractivity contribution in [2.45, 2.75) is 39.2 Å². The minimum Gasteiger partial charge on any atom is -0.352 e. The molecule has 0 radical (unpaired) electrons. The minimum atomic E-state index is -0.205. The van der Waals surface area contributed by atoms with Crippen molar-refractivity contribution >= 4 is 21.7 Å². The Kier molecular flexibility index (Phi) is 4.33. The van der Waals surface area contributed by atoms with Gasteiger partial charge >= 0.3 is 0 Å². The molecule has 0 N–H and O–H groups in total. The summed E-state index contributed by atoms with van der Waals surface area (Å²) in [5.74, 6) is 1.33. The van der Waals surface area contributed by atoms with Crippen LogP contribution in [0.3, 0.4) is 0 Å². The van der Waals surface area contributed by atoms with Crippen molar-refractivity contribution in [2.75, 3.05) is 23.3 Å². The van der Waals surface area contributed by atoms with E-state index in [0.717, 1.165) is 37.2 Å². The van der Waals surface area contributed by atoms with Crippen molar-refractivity contribution in [1.82, 2.24) is 9.55 Å². The molecule has 1 aliphatic rings. The van der Waals surface area contributed by atoms with Crippen LogP contribution >= 0.6 is 15.9 Å². The van der Waals surface area contributed by atoms with Gasteiger partial charge in [0.05, 0.1) is 0 Å². The number of aromatic nitrogens is 2. The molecule has 1 aromatic rings. The van der Waals surface area contributed by atoms with Gasteiger partial charge in [-0.25, -0.2) is 4.98 Å². The minimum absolute atomic E-state index is 0.0206. The molecule has 1 fully saturated rings. The fourth-order valence-corrected chi connectivity index (χ4v) is 3.09. The van der Waals surface area contributed by atoms with Gasteiger partial charge in [-0.3, -0.25) is 4.79 Å². The Hall–Kier alpha value is -0.840. The van der Waals surface area contributed by atoms with Crippen LogP contribution in [0.5, 0.6) is 0 Å². The van der Waals surface area contributed by atoms with Crippen molar-refractivity contribution in [3.63, 3.8) is 0 Å². The third-order valence-electron chi connectivity index (χ3n) is 3.68. The van der Waals surface area contributed by atoms with Crippen molar-refractivity contribution in [3.05, 3.63) is 22.7 Å². The highest BCUT2D eigenvalue weighted by atomic mass is 79.9. The van der Waals surface area contributed by atoms with Crippen LogP contribution in [0.2, 0.25) is 0 Å². The number of alkyl halides is 1. The predicted octanol–water partition coefficient (Wildman–Crippen LogP) is 2.61. The molecule has 0 atom stereocenters. The van der Waals surface area contributed by atoms with Gasteiger partial charge in [-0.1, -0.05) is 15.9 Å². The summed E-state index contributed by atoms with van der Waals surface area (Å²) >= 11 is 3.54. The van der Waals surface area contributed by atoms with Gasteiger partial charge in [0.2, 0.25) is 0 Å². The third-order valence-corrected chi connectivity index (χ3v) is 4.59. The summed E-state index contributed by atoms with van der Waals surface area (Å²) in [5.41, 5.74) is -0.185. The molecule has 0 aliphatic carbocycles. The zero-order valence-electron chi connectivity index (χ0n) is 11.9. The standard InChI is InChI=1S/C14H22BrN3O/c1-14(2,3)18-9-6-16-12(13(18)19)17-7-4-11(10-15)5-8-17/h6,9,11H,4-5,7-8,10H2,1-3H3. The van der Waals surface area contributed by atoms with E-state index in [9.17, 15) is 4.79 Å². The number of hydrogen-bond donors (Lipinski definition) is 0. The predicted molar refractivity (Wildman–Crippen MR) is 82.2 cm³/mol. The summed E-state index contributed by atoms with van der Waals surface area (Å²) < 4.78 is 1.77. The molecule has 2 heterocycles. The van der Waals surface area contributed by atoms with Crippen molar-refractivity contribution < 1.29 is 0 Å². The molecule has 0 aromatic carbocycles. The van der Waals surface area contributed by atoms with E-state index in [1.165, 1.54) is 0 Å². The zero-order valence-corrected chi connectivity index (χ0v) is 13.5. The smallest absolute Gasteiger partial charge is 0.293 e. The van der Waals surface area contributed by atoms with Crippen LogP contribution in [0, 0.1) is 5.92 Å². The molecule has 19 heavy (non-hydrogen) atoms. The van der Waals surface area contributed by atoms with Crippen LogP contribution in [-0.2, 0) is 5.54 Å². The molecule has 0 saturated carbocycles. The lowest BCUT2D eigenvalue weighted by atomic mass is 9.99. The van der Waals surface area contributed by atoms with E-state index in [4.69, 9.17) is 0 Å². The zero-order chi connectivity index (χ0) is 14.0. The Labute approximate surface area is 123 Å². The highest BCUT2D eigenvalue weighted by molar-refractivity contribution is 9.09. The van der Waals surface area contributed by atoms with Gasteiger partial charge in [0.25, 0.3) is 5.56 Å². The van der Waals surface area contributed by atoms with Crippen molar-refractivity contribution in [2.24, 2.45) is 5.92 Å². The molecule has 0 unspecified atom stereocenters. The number of piperidine rings is 1. The van der Waals surface area contributed by atoms with Gasteiger partial charge in [-0.2, -0.15) is 0 Å². The molecule has 106 valence electrons. The summed E-state index contributed by atoms with van der Waals surface area (Å²) in [4.78, 5) is 19.0. The molecule has 1 aromatic heterocycles. The van der Waals surface area contributed by atoms with Crippen LogP contribution in [-0.4, -0.2) is 28.0 Å². The first-order valence-corrected chi connectivity index (χ1v) is 7.94. The van der Waals surface area contributed by atoms with Crippen LogP contribution < -0.4 is 10.5 Å². The second-order valence-electron chi connectivity index (χ2n) is 6.18. The summed E-state index contributed by atoms with van der Waals surface area (Å²) in [7, 11) is 0. The molecular formula is C14H22BrN3O. The summed E-state index contributed by atoms with van der Waals surface area (Å²) in [6.45, 7) is 7.96. The first-order chi connectivity index (χ1) is 8.93. The number of nitrogens with zero attached hydrogens (tertiary/aromatic N) is 3. The maximum Gasteiger partial charge on any atom is 0.293 e. The summed E-state index contributed by atoms with van der Waals surface area (Å²) in [6.07, 6.45) is 5.75. The van der Waals surface area contributed by atoms with Gasteiger partial charge in [0.15, 0.2) is 5.82 Å². The van der Waals surface area contributed by atoms with E-state index in [2.05, 4.69) is 25.8 Å². The highest BCUT2D eigenvalue weighted by Crippen LogP contribution is 2.21. The average molecular weight is 328 g/mol. The number of halogens is 1. The van der Waals surface area contributed by atoms with Gasteiger partial charge in [0, 0.05) is 36.4 Å². The normalized spacial score (nSPS) is 17.8. The molecule has 1 saturated heterocycles. The Bertz CT molecular complexity index is 484. The largest absolute Gasteiger partial charge is 0.352 e. The maximum atomic E-state index is 12.5. The molecule has 0 amide bonds. The van der Waals surface area contributed by atoms with Crippen molar-refractivity contribution in [3.8, 4) is 0 Å². The number of rotatable bonds is 2. The van der Waals surface area contributed by atoms with E-state index in [-0.39, 0.29) is 11.1 Å². The molecule has 2 rings (SSSR count). The second-order valence-corrected chi connectivity index (χ2v) is 6.83. The van der Waals surface area contributed by atoms with Gasteiger partial charge in [-0.15, -0.1) is 0 Å². The van der Waals surface area contributed by atoms with Gasteiger partial charge in [0.1, 0.15) is 0 Å².